The monoisotopic (exact) mass is 700 g/mol. The Morgan fingerprint density at radius 3 is 2.33 bits per heavy atom. The standard InChI is InChI=1S/C33H40N4O11S/c1-33(2,3)48-29(40)19-24(26(38)20-46-32(43)22-13-8-9-15-27(22)47-21-11-6-5-7-12-21)34-30(41)25-14-10-18-36-28(39)17-16-23(31(42)37(25)36)35-49(4,44)45/h5-9,11-13,15,23-25,35H,10,14,16-20H2,1-4H3,(H,34,41)/t23-,24-,25-/m0/s1. The van der Waals surface area contributed by atoms with Gasteiger partial charge in [0.15, 0.2) is 12.4 Å². The van der Waals surface area contributed by atoms with Crippen molar-refractivity contribution in [3.8, 4) is 11.5 Å². The summed E-state index contributed by atoms with van der Waals surface area (Å²) < 4.78 is 42.6. The van der Waals surface area contributed by atoms with E-state index in [0.717, 1.165) is 16.3 Å². The van der Waals surface area contributed by atoms with E-state index in [9.17, 15) is 37.2 Å². The van der Waals surface area contributed by atoms with Crippen LogP contribution in [-0.4, -0.2) is 97.0 Å². The van der Waals surface area contributed by atoms with E-state index in [2.05, 4.69) is 10.0 Å². The van der Waals surface area contributed by atoms with Crippen molar-refractivity contribution in [3.63, 3.8) is 0 Å². The molecule has 3 amide bonds. The van der Waals surface area contributed by atoms with Crippen LogP contribution < -0.4 is 14.8 Å². The van der Waals surface area contributed by atoms with E-state index < -0.39 is 82.2 Å². The molecule has 0 radical (unpaired) electrons. The summed E-state index contributed by atoms with van der Waals surface area (Å²) in [5, 5.41) is 4.53. The second-order valence-corrected chi connectivity index (χ2v) is 14.4. The molecular weight excluding hydrogens is 660 g/mol. The van der Waals surface area contributed by atoms with Crippen molar-refractivity contribution >= 4 is 45.5 Å². The molecule has 2 heterocycles. The van der Waals surface area contributed by atoms with Crippen molar-refractivity contribution in [1.82, 2.24) is 20.1 Å². The number of sulfonamides is 1. The number of ketones is 1. The molecule has 2 saturated heterocycles. The zero-order valence-electron chi connectivity index (χ0n) is 27.7. The highest BCUT2D eigenvalue weighted by Crippen LogP contribution is 2.27. The van der Waals surface area contributed by atoms with Gasteiger partial charge < -0.3 is 19.5 Å². The fourth-order valence-electron chi connectivity index (χ4n) is 5.36. The first-order chi connectivity index (χ1) is 23.0. The minimum atomic E-state index is -3.85. The van der Waals surface area contributed by atoms with E-state index in [1.807, 2.05) is 0 Å². The molecular formula is C33H40N4O11S. The maximum atomic E-state index is 13.8. The second-order valence-electron chi connectivity index (χ2n) is 12.6. The molecule has 0 bridgehead atoms. The first-order valence-corrected chi connectivity index (χ1v) is 17.6. The molecule has 2 aromatic carbocycles. The number of Topliss-reactive ketones (excluding diaryl/α,β-unsaturated/α-hetero) is 1. The Balaban J connectivity index is 1.53. The highest BCUT2D eigenvalue weighted by Gasteiger charge is 2.45. The number of hydrogen-bond acceptors (Lipinski definition) is 11. The molecule has 4 rings (SSSR count). The first kappa shape index (κ1) is 37.0. The zero-order valence-corrected chi connectivity index (χ0v) is 28.5. The zero-order chi connectivity index (χ0) is 35.9. The van der Waals surface area contributed by atoms with Gasteiger partial charge in [0.1, 0.15) is 40.8 Å². The number of nitrogens with one attached hydrogen (secondary N) is 2. The van der Waals surface area contributed by atoms with Gasteiger partial charge in [-0.25, -0.2) is 22.9 Å². The van der Waals surface area contributed by atoms with Gasteiger partial charge in [0.2, 0.25) is 21.8 Å². The highest BCUT2D eigenvalue weighted by molar-refractivity contribution is 7.88. The van der Waals surface area contributed by atoms with E-state index in [0.29, 0.717) is 12.2 Å². The maximum absolute atomic E-state index is 13.8. The predicted octanol–water partition coefficient (Wildman–Crippen LogP) is 1.87. The van der Waals surface area contributed by atoms with Crippen LogP contribution in [0.25, 0.3) is 0 Å². The van der Waals surface area contributed by atoms with Crippen LogP contribution in [0, 0.1) is 0 Å². The topological polar surface area (TPSA) is 195 Å². The Morgan fingerprint density at radius 2 is 1.65 bits per heavy atom. The van der Waals surface area contributed by atoms with Crippen molar-refractivity contribution in [2.45, 2.75) is 76.6 Å². The van der Waals surface area contributed by atoms with Gasteiger partial charge in [-0.15, -0.1) is 0 Å². The molecule has 0 spiro atoms. The van der Waals surface area contributed by atoms with Crippen molar-refractivity contribution in [2.24, 2.45) is 0 Å². The lowest BCUT2D eigenvalue weighted by molar-refractivity contribution is -0.176. The smallest absolute Gasteiger partial charge is 0.342 e. The number of fused-ring (bicyclic) bond motifs is 1. The fourth-order valence-corrected chi connectivity index (χ4v) is 6.09. The maximum Gasteiger partial charge on any atom is 0.342 e. The summed E-state index contributed by atoms with van der Waals surface area (Å²) in [5.74, 6) is -4.11. The van der Waals surface area contributed by atoms with Crippen LogP contribution in [0.15, 0.2) is 54.6 Å². The molecule has 2 aliphatic heterocycles. The van der Waals surface area contributed by atoms with Crippen LogP contribution in [0.4, 0.5) is 0 Å². The van der Waals surface area contributed by atoms with E-state index in [-0.39, 0.29) is 37.1 Å². The Hall–Kier alpha value is -4.83. The predicted molar refractivity (Wildman–Crippen MR) is 173 cm³/mol. The van der Waals surface area contributed by atoms with Gasteiger partial charge in [0.05, 0.1) is 12.7 Å². The molecule has 0 aliphatic carbocycles. The Kier molecular flexibility index (Phi) is 11.8. The third-order valence-corrected chi connectivity index (χ3v) is 8.15. The van der Waals surface area contributed by atoms with Gasteiger partial charge in [-0.1, -0.05) is 30.3 Å². The van der Waals surface area contributed by atoms with Crippen LogP contribution in [0.3, 0.4) is 0 Å². The Bertz CT molecular complexity index is 1690. The molecule has 2 aliphatic rings. The van der Waals surface area contributed by atoms with Crippen LogP contribution in [0.2, 0.25) is 0 Å². The van der Waals surface area contributed by atoms with Gasteiger partial charge in [-0.2, -0.15) is 0 Å². The average Bonchev–Trinajstić information content (AvgIpc) is 3.14. The molecule has 3 atom stereocenters. The van der Waals surface area contributed by atoms with Crippen LogP contribution in [0.5, 0.6) is 11.5 Å². The van der Waals surface area contributed by atoms with Crippen molar-refractivity contribution in [2.75, 3.05) is 19.4 Å². The summed E-state index contributed by atoms with van der Waals surface area (Å²) in [5.41, 5.74) is -0.899. The lowest BCUT2D eigenvalue weighted by atomic mass is 10.0. The number of para-hydroxylation sites is 2. The number of hydrazine groups is 1. The van der Waals surface area contributed by atoms with E-state index >= 15 is 0 Å². The summed E-state index contributed by atoms with van der Waals surface area (Å²) >= 11 is 0. The van der Waals surface area contributed by atoms with E-state index in [4.69, 9.17) is 14.2 Å². The Labute approximate surface area is 284 Å². The molecule has 2 N–H and O–H groups in total. The van der Waals surface area contributed by atoms with Crippen molar-refractivity contribution in [1.29, 1.82) is 0 Å². The molecule has 0 saturated carbocycles. The number of hydrogen-bond donors (Lipinski definition) is 2. The fraction of sp³-hybridized carbons (Fsp3) is 0.455. The number of nitrogens with zero attached hydrogens (tertiary/aromatic N) is 2. The molecule has 2 fully saturated rings. The summed E-state index contributed by atoms with van der Waals surface area (Å²) in [6, 6.07) is 10.8. The van der Waals surface area contributed by atoms with Gasteiger partial charge in [-0.05, 0) is 64.3 Å². The van der Waals surface area contributed by atoms with Crippen LogP contribution >= 0.6 is 0 Å². The molecule has 0 aromatic heterocycles. The third-order valence-electron chi connectivity index (χ3n) is 7.44. The highest BCUT2D eigenvalue weighted by atomic mass is 32.2. The van der Waals surface area contributed by atoms with Gasteiger partial charge in [0.25, 0.3) is 5.91 Å². The molecule has 0 unspecified atom stereocenters. The second kappa shape index (κ2) is 15.6. The van der Waals surface area contributed by atoms with Gasteiger partial charge in [-0.3, -0.25) is 29.0 Å². The molecule has 264 valence electrons. The quantitative estimate of drug-likeness (QED) is 0.307. The molecule has 49 heavy (non-hydrogen) atoms. The van der Waals surface area contributed by atoms with E-state index in [1.165, 1.54) is 6.07 Å². The number of ether oxygens (including phenoxy) is 3. The van der Waals surface area contributed by atoms with Crippen molar-refractivity contribution < 1.29 is 51.4 Å². The van der Waals surface area contributed by atoms with E-state index in [1.54, 1.807) is 69.3 Å². The first-order valence-electron chi connectivity index (χ1n) is 15.7. The molecule has 2 aromatic rings. The summed E-state index contributed by atoms with van der Waals surface area (Å²) in [6.07, 6.45) is 0.386. The Morgan fingerprint density at radius 1 is 0.980 bits per heavy atom. The molecule has 15 nitrogen and oxygen atoms in total. The third kappa shape index (κ3) is 10.3. The number of carbonyl (C=O) groups excluding carboxylic acids is 6. The van der Waals surface area contributed by atoms with Crippen LogP contribution in [0.1, 0.15) is 63.2 Å². The minimum Gasteiger partial charge on any atom is -0.460 e. The number of amides is 3. The summed E-state index contributed by atoms with van der Waals surface area (Å²) in [6.45, 7) is 4.14. The number of benzene rings is 2. The number of rotatable bonds is 12. The normalized spacial score (nSPS) is 18.9. The summed E-state index contributed by atoms with van der Waals surface area (Å²) in [4.78, 5) is 79.6. The van der Waals surface area contributed by atoms with Crippen LogP contribution in [-0.2, 0) is 43.5 Å². The lowest BCUT2D eigenvalue weighted by Gasteiger charge is -2.43. The van der Waals surface area contributed by atoms with Gasteiger partial charge >= 0.3 is 11.9 Å². The molecule has 16 heteroatoms. The minimum absolute atomic E-state index is 0.0239. The van der Waals surface area contributed by atoms with Crippen molar-refractivity contribution in [3.05, 3.63) is 60.2 Å². The summed E-state index contributed by atoms with van der Waals surface area (Å²) in [7, 11) is -3.85. The lowest BCUT2D eigenvalue weighted by Crippen LogP contribution is -2.64. The average molecular weight is 701 g/mol. The number of esters is 2. The SMILES string of the molecule is CC(C)(C)OC(=O)C[C@H](NC(=O)[C@@H]1CCCN2C(=O)CC[C@H](NS(C)(=O)=O)C(=O)N12)C(=O)COC(=O)c1ccccc1Oc1ccccc1. The van der Waals surface area contributed by atoms with Gasteiger partial charge in [0, 0.05) is 13.0 Å². The largest absolute Gasteiger partial charge is 0.460 e. The number of carbonyl (C=O) groups is 6.